The molecule has 1 atom stereocenters. The van der Waals surface area contributed by atoms with Gasteiger partial charge in [0.15, 0.2) is 0 Å². The topological polar surface area (TPSA) is 29.9 Å². The van der Waals surface area contributed by atoms with E-state index in [9.17, 15) is 0 Å². The fourth-order valence-electron chi connectivity index (χ4n) is 2.63. The van der Waals surface area contributed by atoms with Crippen LogP contribution in [0.3, 0.4) is 0 Å². The van der Waals surface area contributed by atoms with Gasteiger partial charge in [0.05, 0.1) is 6.20 Å². The van der Waals surface area contributed by atoms with Crippen LogP contribution in [0.4, 0.5) is 0 Å². The Bertz CT molecular complexity index is 557. The van der Waals surface area contributed by atoms with Crippen LogP contribution in [0, 0.1) is 5.92 Å². The lowest BCUT2D eigenvalue weighted by Crippen LogP contribution is -2.25. The second-order valence-corrected chi connectivity index (χ2v) is 6.03. The van der Waals surface area contributed by atoms with Crippen molar-refractivity contribution >= 4 is 11.6 Å². The van der Waals surface area contributed by atoms with Gasteiger partial charge < -0.3 is 5.32 Å². The first-order valence-electron chi connectivity index (χ1n) is 7.19. The van der Waals surface area contributed by atoms with Crippen LogP contribution in [-0.4, -0.2) is 16.3 Å². The van der Waals surface area contributed by atoms with Crippen LogP contribution >= 0.6 is 11.6 Å². The zero-order chi connectivity index (χ0) is 13.9. The molecular formula is C16H20ClN3. The molecule has 0 saturated heterocycles. The lowest BCUT2D eigenvalue weighted by atomic mass is 10.0. The molecule has 1 saturated carbocycles. The third kappa shape index (κ3) is 3.41. The van der Waals surface area contributed by atoms with Crippen LogP contribution in [0.1, 0.15) is 30.0 Å². The summed E-state index contributed by atoms with van der Waals surface area (Å²) in [6.07, 6.45) is 7.69. The van der Waals surface area contributed by atoms with Crippen molar-refractivity contribution in [3.63, 3.8) is 0 Å². The molecule has 4 heteroatoms. The van der Waals surface area contributed by atoms with Gasteiger partial charge >= 0.3 is 0 Å². The summed E-state index contributed by atoms with van der Waals surface area (Å²) in [7, 11) is 1.96. The van der Waals surface area contributed by atoms with Gasteiger partial charge in [0, 0.05) is 24.3 Å². The van der Waals surface area contributed by atoms with E-state index in [0.29, 0.717) is 6.04 Å². The number of rotatable bonds is 6. The number of aryl methyl sites for hydroxylation is 1. The van der Waals surface area contributed by atoms with E-state index in [4.69, 9.17) is 11.6 Å². The van der Waals surface area contributed by atoms with Crippen LogP contribution in [0.2, 0.25) is 5.02 Å². The summed E-state index contributed by atoms with van der Waals surface area (Å²) in [5.74, 6) is 0.782. The Balaban J connectivity index is 1.59. The molecule has 1 fully saturated rings. The maximum atomic E-state index is 5.97. The molecule has 0 amide bonds. The lowest BCUT2D eigenvalue weighted by Gasteiger charge is -2.18. The van der Waals surface area contributed by atoms with Gasteiger partial charge in [-0.25, -0.2) is 0 Å². The maximum Gasteiger partial charge on any atom is 0.0522 e. The van der Waals surface area contributed by atoms with E-state index >= 15 is 0 Å². The molecule has 3 nitrogen and oxygen atoms in total. The Morgan fingerprint density at radius 2 is 2.10 bits per heavy atom. The molecular weight excluding hydrogens is 270 g/mol. The van der Waals surface area contributed by atoms with Gasteiger partial charge in [0.2, 0.25) is 0 Å². The van der Waals surface area contributed by atoms with E-state index in [-0.39, 0.29) is 0 Å². The molecule has 1 aromatic carbocycles. The average Bonchev–Trinajstić information content (AvgIpc) is 3.19. The highest BCUT2D eigenvalue weighted by molar-refractivity contribution is 6.30. The largest absolute Gasteiger partial charge is 0.309 e. The smallest absolute Gasteiger partial charge is 0.0522 e. The number of nitrogens with one attached hydrogen (secondary N) is 1. The monoisotopic (exact) mass is 289 g/mol. The van der Waals surface area contributed by atoms with Crippen molar-refractivity contribution < 1.29 is 0 Å². The highest BCUT2D eigenvalue weighted by Crippen LogP contribution is 2.41. The molecule has 0 spiro atoms. The third-order valence-electron chi connectivity index (χ3n) is 3.86. The fraction of sp³-hybridized carbons (Fsp3) is 0.438. The predicted octanol–water partition coefficient (Wildman–Crippen LogP) is 3.36. The van der Waals surface area contributed by atoms with E-state index < -0.39 is 0 Å². The van der Waals surface area contributed by atoms with Gasteiger partial charge in [0.25, 0.3) is 0 Å². The second kappa shape index (κ2) is 5.98. The van der Waals surface area contributed by atoms with Gasteiger partial charge in [-0.05, 0) is 55.0 Å². The molecule has 1 N–H and O–H groups in total. The number of halogens is 1. The van der Waals surface area contributed by atoms with Crippen LogP contribution < -0.4 is 5.32 Å². The Hall–Kier alpha value is -1.32. The molecule has 1 aliphatic rings. The van der Waals surface area contributed by atoms with Crippen molar-refractivity contribution in [3.05, 3.63) is 52.8 Å². The second-order valence-electron chi connectivity index (χ2n) is 5.59. The summed E-state index contributed by atoms with van der Waals surface area (Å²) >= 11 is 5.97. The van der Waals surface area contributed by atoms with Crippen molar-refractivity contribution in [2.45, 2.75) is 25.3 Å². The Morgan fingerprint density at radius 3 is 2.70 bits per heavy atom. The van der Waals surface area contributed by atoms with Crippen LogP contribution in [0.25, 0.3) is 0 Å². The number of nitrogens with zero attached hydrogens (tertiary/aromatic N) is 2. The molecule has 1 unspecified atom stereocenters. The summed E-state index contributed by atoms with van der Waals surface area (Å²) in [4.78, 5) is 0. The average molecular weight is 290 g/mol. The molecule has 1 heterocycles. The van der Waals surface area contributed by atoms with Crippen LogP contribution in [0.5, 0.6) is 0 Å². The molecule has 106 valence electrons. The summed E-state index contributed by atoms with van der Waals surface area (Å²) < 4.78 is 1.85. The van der Waals surface area contributed by atoms with E-state index in [2.05, 4.69) is 28.7 Å². The van der Waals surface area contributed by atoms with E-state index in [0.717, 1.165) is 23.9 Å². The molecule has 1 aliphatic carbocycles. The molecule has 3 rings (SSSR count). The van der Waals surface area contributed by atoms with E-state index in [1.165, 1.54) is 24.0 Å². The first-order chi connectivity index (χ1) is 9.72. The number of aromatic nitrogens is 2. The SMILES string of the molecule is Cn1cc(CCNC(c2ccc(Cl)cc2)C2CC2)cn1. The zero-order valence-electron chi connectivity index (χ0n) is 11.7. The minimum atomic E-state index is 0.462. The Morgan fingerprint density at radius 1 is 1.35 bits per heavy atom. The predicted molar refractivity (Wildman–Crippen MR) is 81.8 cm³/mol. The van der Waals surface area contributed by atoms with Crippen molar-refractivity contribution in [3.8, 4) is 0 Å². The highest BCUT2D eigenvalue weighted by atomic mass is 35.5. The number of hydrogen-bond donors (Lipinski definition) is 1. The summed E-state index contributed by atoms with van der Waals surface area (Å²) in [6, 6.07) is 8.71. The normalized spacial score (nSPS) is 16.3. The van der Waals surface area contributed by atoms with Crippen molar-refractivity contribution in [1.82, 2.24) is 15.1 Å². The highest BCUT2D eigenvalue weighted by Gasteiger charge is 2.31. The standard InChI is InChI=1S/C16H20ClN3/c1-20-11-12(10-19-20)8-9-18-16(13-2-3-13)14-4-6-15(17)7-5-14/h4-7,10-11,13,16,18H,2-3,8-9H2,1H3. The Kier molecular flexibility index (Phi) is 4.08. The quantitative estimate of drug-likeness (QED) is 0.884. The zero-order valence-corrected chi connectivity index (χ0v) is 12.5. The Labute approximate surface area is 124 Å². The first-order valence-corrected chi connectivity index (χ1v) is 7.56. The fourth-order valence-corrected chi connectivity index (χ4v) is 2.76. The maximum absolute atomic E-state index is 5.97. The van der Waals surface area contributed by atoms with Gasteiger partial charge in [-0.3, -0.25) is 4.68 Å². The molecule has 20 heavy (non-hydrogen) atoms. The van der Waals surface area contributed by atoms with E-state index in [1.54, 1.807) is 0 Å². The third-order valence-corrected chi connectivity index (χ3v) is 4.11. The molecule has 2 aromatic rings. The minimum absolute atomic E-state index is 0.462. The number of benzene rings is 1. The lowest BCUT2D eigenvalue weighted by molar-refractivity contribution is 0.484. The van der Waals surface area contributed by atoms with Crippen molar-refractivity contribution in [1.29, 1.82) is 0 Å². The number of hydrogen-bond acceptors (Lipinski definition) is 2. The molecule has 1 aromatic heterocycles. The van der Waals surface area contributed by atoms with Crippen molar-refractivity contribution in [2.75, 3.05) is 6.54 Å². The van der Waals surface area contributed by atoms with E-state index in [1.807, 2.05) is 30.1 Å². The van der Waals surface area contributed by atoms with Crippen LogP contribution in [0.15, 0.2) is 36.7 Å². The van der Waals surface area contributed by atoms with Gasteiger partial charge in [-0.15, -0.1) is 0 Å². The van der Waals surface area contributed by atoms with Gasteiger partial charge in [-0.1, -0.05) is 23.7 Å². The van der Waals surface area contributed by atoms with Crippen LogP contribution in [-0.2, 0) is 13.5 Å². The van der Waals surface area contributed by atoms with Crippen molar-refractivity contribution in [2.24, 2.45) is 13.0 Å². The van der Waals surface area contributed by atoms with Gasteiger partial charge in [0.1, 0.15) is 0 Å². The summed E-state index contributed by atoms with van der Waals surface area (Å²) in [6.45, 7) is 0.982. The van der Waals surface area contributed by atoms with Gasteiger partial charge in [-0.2, -0.15) is 5.10 Å². The molecule has 0 aliphatic heterocycles. The minimum Gasteiger partial charge on any atom is -0.309 e. The molecule has 0 radical (unpaired) electrons. The first kappa shape index (κ1) is 13.7. The summed E-state index contributed by atoms with van der Waals surface area (Å²) in [5, 5.41) is 8.70. The summed E-state index contributed by atoms with van der Waals surface area (Å²) in [5.41, 5.74) is 2.63. The molecule has 0 bridgehead atoms.